The molecule has 1 atom stereocenters. The van der Waals surface area contributed by atoms with Crippen molar-refractivity contribution in [2.45, 2.75) is 12.0 Å². The number of nitriles is 1. The van der Waals surface area contributed by atoms with Crippen LogP contribution in [0.1, 0.15) is 22.4 Å². The number of hydrogen-bond donors (Lipinski definition) is 2. The molecular formula is C23H18N4OS. The van der Waals surface area contributed by atoms with Crippen molar-refractivity contribution >= 4 is 23.1 Å². The molecule has 5 nitrogen and oxygen atoms in total. The van der Waals surface area contributed by atoms with Gasteiger partial charge in [-0.2, -0.15) is 5.26 Å². The summed E-state index contributed by atoms with van der Waals surface area (Å²) in [6.07, 6.45) is 0.233. The van der Waals surface area contributed by atoms with Crippen LogP contribution in [0.2, 0.25) is 0 Å². The van der Waals surface area contributed by atoms with E-state index in [0.717, 1.165) is 21.6 Å². The molecule has 0 saturated carbocycles. The van der Waals surface area contributed by atoms with Crippen LogP contribution >= 0.6 is 11.3 Å². The van der Waals surface area contributed by atoms with Crippen molar-refractivity contribution in [1.82, 2.24) is 10.2 Å². The zero-order valence-electron chi connectivity index (χ0n) is 15.8. The second-order valence-corrected chi connectivity index (χ2v) is 7.80. The van der Waals surface area contributed by atoms with Gasteiger partial charge in [0.2, 0.25) is 5.91 Å². The molecule has 0 spiro atoms. The highest BCUT2D eigenvalue weighted by Gasteiger charge is 2.44. The van der Waals surface area contributed by atoms with Crippen LogP contribution < -0.4 is 5.32 Å². The average Bonchev–Trinajstić information content (AvgIpc) is 3.27. The molecule has 2 aromatic carbocycles. The summed E-state index contributed by atoms with van der Waals surface area (Å²) < 4.78 is 0. The van der Waals surface area contributed by atoms with Crippen molar-refractivity contribution in [3.63, 3.8) is 0 Å². The summed E-state index contributed by atoms with van der Waals surface area (Å²) in [5.74, 6) is 2.62. The molecule has 0 radical (unpaired) electrons. The zero-order valence-corrected chi connectivity index (χ0v) is 16.6. The van der Waals surface area contributed by atoms with Crippen molar-refractivity contribution in [3.8, 4) is 17.2 Å². The fourth-order valence-corrected chi connectivity index (χ4v) is 4.68. The summed E-state index contributed by atoms with van der Waals surface area (Å²) in [6, 6.07) is 21.5. The highest BCUT2D eigenvalue weighted by molar-refractivity contribution is 7.10. The van der Waals surface area contributed by atoms with Crippen molar-refractivity contribution in [1.29, 1.82) is 10.7 Å². The average molecular weight is 398 g/mol. The lowest BCUT2D eigenvalue weighted by atomic mass is 9.82. The number of nitrogens with one attached hydrogen (secondary N) is 2. The quantitative estimate of drug-likeness (QED) is 0.653. The minimum absolute atomic E-state index is 0.0798. The summed E-state index contributed by atoms with van der Waals surface area (Å²) in [7, 11) is 1.65. The van der Waals surface area contributed by atoms with Gasteiger partial charge in [-0.15, -0.1) is 11.3 Å². The van der Waals surface area contributed by atoms with Crippen LogP contribution in [0.4, 0.5) is 0 Å². The van der Waals surface area contributed by atoms with Gasteiger partial charge in [0.15, 0.2) is 5.82 Å². The monoisotopic (exact) mass is 398 g/mol. The number of hydrogen-bond acceptors (Lipinski definition) is 5. The van der Waals surface area contributed by atoms with Crippen molar-refractivity contribution in [3.05, 3.63) is 87.9 Å². The van der Waals surface area contributed by atoms with Crippen molar-refractivity contribution in [2.75, 3.05) is 7.05 Å². The smallest absolute Gasteiger partial charge is 0.231 e. The summed E-state index contributed by atoms with van der Waals surface area (Å²) >= 11 is 1.56. The van der Waals surface area contributed by atoms with E-state index in [1.165, 1.54) is 4.90 Å². The molecule has 6 heteroatoms. The number of amides is 1. The Kier molecular flexibility index (Phi) is 4.77. The highest BCUT2D eigenvalue weighted by atomic mass is 32.1. The molecule has 142 valence electrons. The third-order valence-electron chi connectivity index (χ3n) is 5.19. The maximum atomic E-state index is 12.8. The predicted octanol–water partition coefficient (Wildman–Crippen LogP) is 4.07. The number of nitrogens with zero attached hydrogens (tertiary/aromatic N) is 2. The topological polar surface area (TPSA) is 80.0 Å². The number of carbonyl (C=O) groups excluding carboxylic acids is 1. The standard InChI is InChI=1S/C23H18N4OS/c1-27-21(14-25)26-23(12-22(27)28,19-8-3-2-4-9-19)20-11-18(15-29-20)17-7-5-6-16(10-17)13-24/h2-11,15,25-26H,12H2,1H3. The Bertz CT molecular complexity index is 1170. The van der Waals surface area contributed by atoms with E-state index in [1.807, 2.05) is 53.9 Å². The molecule has 1 amide bonds. The molecule has 1 aliphatic heterocycles. The molecule has 3 aromatic rings. The largest absolute Gasteiger partial charge is 0.349 e. The highest BCUT2D eigenvalue weighted by Crippen LogP contribution is 2.42. The Morgan fingerprint density at radius 3 is 2.66 bits per heavy atom. The van der Waals surface area contributed by atoms with Crippen LogP contribution in [0.15, 0.2) is 71.9 Å². The summed E-state index contributed by atoms with van der Waals surface area (Å²) in [4.78, 5) is 15.2. The Morgan fingerprint density at radius 2 is 1.93 bits per heavy atom. The van der Waals surface area contributed by atoms with E-state index in [2.05, 4.69) is 23.3 Å². The van der Waals surface area contributed by atoms with Crippen LogP contribution in [0.25, 0.3) is 11.1 Å². The van der Waals surface area contributed by atoms with Gasteiger partial charge < -0.3 is 5.32 Å². The van der Waals surface area contributed by atoms with E-state index < -0.39 is 5.54 Å². The number of benzene rings is 2. The Hall–Kier alpha value is -3.65. The van der Waals surface area contributed by atoms with Crippen molar-refractivity contribution in [2.24, 2.45) is 0 Å². The second kappa shape index (κ2) is 7.40. The third kappa shape index (κ3) is 3.23. The summed E-state index contributed by atoms with van der Waals surface area (Å²) in [5, 5.41) is 22.3. The third-order valence-corrected chi connectivity index (χ3v) is 6.28. The van der Waals surface area contributed by atoms with Gasteiger partial charge in [0.05, 0.1) is 18.1 Å². The SMILES string of the molecule is CN1C(=O)CC(c2ccccc2)(c2cc(-c3cccc(C#N)c3)cs2)NC1=C=N. The van der Waals surface area contributed by atoms with Crippen LogP contribution in [-0.2, 0) is 10.3 Å². The Balaban J connectivity index is 1.86. The molecule has 1 aliphatic rings. The first-order valence-corrected chi connectivity index (χ1v) is 9.95. The number of thiophene rings is 1. The van der Waals surface area contributed by atoms with Gasteiger partial charge >= 0.3 is 0 Å². The Labute approximate surface area is 173 Å². The van der Waals surface area contributed by atoms with Gasteiger partial charge in [0.25, 0.3) is 0 Å². The molecular weight excluding hydrogens is 380 g/mol. The first-order valence-electron chi connectivity index (χ1n) is 9.07. The molecule has 4 rings (SSSR count). The predicted molar refractivity (Wildman–Crippen MR) is 113 cm³/mol. The molecule has 1 saturated heterocycles. The minimum Gasteiger partial charge on any atom is -0.349 e. The molecule has 2 N–H and O–H groups in total. The zero-order chi connectivity index (χ0) is 20.4. The van der Waals surface area contributed by atoms with E-state index in [4.69, 9.17) is 5.41 Å². The molecule has 0 bridgehead atoms. The van der Waals surface area contributed by atoms with Gasteiger partial charge in [0, 0.05) is 17.8 Å². The number of rotatable bonds is 3. The maximum Gasteiger partial charge on any atom is 0.231 e. The van der Waals surface area contributed by atoms with E-state index in [0.29, 0.717) is 11.4 Å². The molecule has 1 aromatic heterocycles. The van der Waals surface area contributed by atoms with E-state index in [-0.39, 0.29) is 12.3 Å². The lowest BCUT2D eigenvalue weighted by Crippen LogP contribution is -2.54. The van der Waals surface area contributed by atoms with Gasteiger partial charge in [-0.05, 0) is 40.3 Å². The molecule has 0 aliphatic carbocycles. The Morgan fingerprint density at radius 1 is 1.14 bits per heavy atom. The van der Waals surface area contributed by atoms with Crippen molar-refractivity contribution < 1.29 is 4.79 Å². The molecule has 29 heavy (non-hydrogen) atoms. The maximum absolute atomic E-state index is 12.8. The minimum atomic E-state index is -0.774. The second-order valence-electron chi connectivity index (χ2n) is 6.89. The lowest BCUT2D eigenvalue weighted by molar-refractivity contribution is -0.131. The van der Waals surface area contributed by atoms with Crippen LogP contribution in [0.3, 0.4) is 0 Å². The van der Waals surface area contributed by atoms with E-state index in [9.17, 15) is 10.1 Å². The van der Waals surface area contributed by atoms with Gasteiger partial charge in [-0.1, -0.05) is 42.5 Å². The lowest BCUT2D eigenvalue weighted by Gasteiger charge is -2.42. The van der Waals surface area contributed by atoms with Crippen LogP contribution in [0.5, 0.6) is 0 Å². The molecule has 1 fully saturated rings. The van der Waals surface area contributed by atoms with Gasteiger partial charge in [0.1, 0.15) is 5.54 Å². The summed E-state index contributed by atoms with van der Waals surface area (Å²) in [5.41, 5.74) is 2.73. The van der Waals surface area contributed by atoms with Gasteiger partial charge in [-0.3, -0.25) is 15.1 Å². The number of carbonyl (C=O) groups is 1. The van der Waals surface area contributed by atoms with Crippen LogP contribution in [0, 0.1) is 16.7 Å². The summed E-state index contributed by atoms with van der Waals surface area (Å²) in [6.45, 7) is 0. The van der Waals surface area contributed by atoms with E-state index in [1.54, 1.807) is 24.5 Å². The molecule has 2 heterocycles. The first kappa shape index (κ1) is 18.7. The van der Waals surface area contributed by atoms with E-state index >= 15 is 0 Å². The molecule has 1 unspecified atom stereocenters. The fourth-order valence-electron chi connectivity index (χ4n) is 3.58. The first-order chi connectivity index (χ1) is 14.1. The van der Waals surface area contributed by atoms with Crippen LogP contribution in [-0.4, -0.2) is 23.7 Å². The normalized spacial score (nSPS) is 18.7. The fraction of sp³-hybridized carbons (Fsp3) is 0.130. The van der Waals surface area contributed by atoms with Gasteiger partial charge in [-0.25, -0.2) is 0 Å².